The molecule has 45 heavy (non-hydrogen) atoms. The Morgan fingerprint density at radius 2 is 1.76 bits per heavy atom. The number of aromatic nitrogens is 1. The van der Waals surface area contributed by atoms with Gasteiger partial charge in [0.1, 0.15) is 23.9 Å². The molecule has 1 aromatic heterocycles. The summed E-state index contributed by atoms with van der Waals surface area (Å²) in [6.07, 6.45) is 4.24. The second-order valence-electron chi connectivity index (χ2n) is 12.0. The monoisotopic (exact) mass is 615 g/mol. The number of rotatable bonds is 13. The van der Waals surface area contributed by atoms with Crippen LogP contribution in [0, 0.1) is 6.92 Å². The third-order valence-electron chi connectivity index (χ3n) is 8.92. The average Bonchev–Trinajstić information content (AvgIpc) is 3.45. The summed E-state index contributed by atoms with van der Waals surface area (Å²) < 4.78 is 11.2. The van der Waals surface area contributed by atoms with E-state index in [1.165, 1.54) is 0 Å². The van der Waals surface area contributed by atoms with Gasteiger partial charge >= 0.3 is 6.09 Å². The first-order valence-corrected chi connectivity index (χ1v) is 16.2. The van der Waals surface area contributed by atoms with E-state index in [0.717, 1.165) is 55.1 Å². The number of carbonyl (C=O) groups is 3. The number of alkyl carbamates (subject to hydrolysis) is 1. The van der Waals surface area contributed by atoms with Crippen LogP contribution in [0.4, 0.5) is 4.79 Å². The minimum absolute atomic E-state index is 0.00629. The van der Waals surface area contributed by atoms with Gasteiger partial charge in [-0.15, -0.1) is 0 Å². The molecular weight excluding hydrogens is 570 g/mol. The molecule has 2 N–H and O–H groups in total. The highest BCUT2D eigenvalue weighted by Crippen LogP contribution is 2.34. The fourth-order valence-corrected chi connectivity index (χ4v) is 6.33. The molecule has 1 atom stereocenters. The van der Waals surface area contributed by atoms with Crippen LogP contribution in [0.3, 0.4) is 0 Å². The summed E-state index contributed by atoms with van der Waals surface area (Å²) in [7, 11) is 0. The number of amides is 3. The average molecular weight is 616 g/mol. The summed E-state index contributed by atoms with van der Waals surface area (Å²) in [6.45, 7) is 7.52. The zero-order chi connectivity index (χ0) is 31.6. The molecule has 0 bridgehead atoms. The van der Waals surface area contributed by atoms with E-state index < -0.39 is 17.7 Å². The number of aryl methyl sites for hydroxylation is 1. The number of hydrogen-bond donors (Lipinski definition) is 2. The van der Waals surface area contributed by atoms with Gasteiger partial charge in [-0.05, 0) is 63.1 Å². The zero-order valence-electron chi connectivity index (χ0n) is 26.4. The van der Waals surface area contributed by atoms with Gasteiger partial charge in [-0.2, -0.15) is 0 Å². The number of hydrogen-bond acceptors (Lipinski definition) is 7. The number of oxazole rings is 1. The van der Waals surface area contributed by atoms with Crippen LogP contribution in [-0.4, -0.2) is 77.0 Å². The lowest BCUT2D eigenvalue weighted by Crippen LogP contribution is -2.72. The number of carbonyl (C=O) groups excluding carboxylic acids is 3. The van der Waals surface area contributed by atoms with E-state index in [9.17, 15) is 14.4 Å². The molecule has 3 aromatic rings. The molecule has 10 heteroatoms. The van der Waals surface area contributed by atoms with Crippen LogP contribution in [0.15, 0.2) is 65.1 Å². The summed E-state index contributed by atoms with van der Waals surface area (Å²) in [4.78, 5) is 48.3. The van der Waals surface area contributed by atoms with Crippen molar-refractivity contribution in [2.24, 2.45) is 0 Å². The number of ether oxygens (including phenoxy) is 1. The molecular formula is C35H45N5O5. The number of piperazine rings is 1. The van der Waals surface area contributed by atoms with E-state index in [2.05, 4.69) is 15.5 Å². The van der Waals surface area contributed by atoms with Crippen molar-refractivity contribution < 1.29 is 23.5 Å². The Hall–Kier alpha value is -4.18. The van der Waals surface area contributed by atoms with Crippen molar-refractivity contribution in [1.29, 1.82) is 0 Å². The van der Waals surface area contributed by atoms with Crippen LogP contribution in [-0.2, 0) is 27.4 Å². The molecule has 10 nitrogen and oxygen atoms in total. The van der Waals surface area contributed by atoms with Gasteiger partial charge in [-0.25, -0.2) is 9.78 Å². The molecule has 0 radical (unpaired) electrons. The van der Waals surface area contributed by atoms with Crippen molar-refractivity contribution in [2.75, 3.05) is 32.7 Å². The number of nitrogens with zero attached hydrogens (tertiary/aromatic N) is 3. The molecule has 2 aliphatic rings. The van der Waals surface area contributed by atoms with E-state index in [-0.39, 0.29) is 18.4 Å². The minimum Gasteiger partial charge on any atom is -0.445 e. The quantitative estimate of drug-likeness (QED) is 0.264. The third kappa shape index (κ3) is 7.92. The number of unbranched alkanes of at least 4 members (excludes halogenated alkanes) is 1. The minimum atomic E-state index is -0.797. The number of likely N-dealkylation sites (tertiary alicyclic amines) is 1. The maximum atomic E-state index is 13.7. The van der Waals surface area contributed by atoms with Crippen molar-refractivity contribution >= 4 is 17.9 Å². The summed E-state index contributed by atoms with van der Waals surface area (Å²) in [6, 6.07) is 18.9. The van der Waals surface area contributed by atoms with Crippen LogP contribution >= 0.6 is 0 Å². The Labute approximate surface area is 265 Å². The third-order valence-corrected chi connectivity index (χ3v) is 8.92. The summed E-state index contributed by atoms with van der Waals surface area (Å²) in [5.74, 6) is 1.44. The van der Waals surface area contributed by atoms with E-state index in [1.807, 2.05) is 79.4 Å². The maximum absolute atomic E-state index is 13.7. The highest BCUT2D eigenvalue weighted by Gasteiger charge is 2.53. The molecule has 1 spiro atoms. The Morgan fingerprint density at radius 1 is 1.04 bits per heavy atom. The number of piperidine rings is 1. The highest BCUT2D eigenvalue weighted by atomic mass is 16.5. The van der Waals surface area contributed by atoms with E-state index in [0.29, 0.717) is 51.1 Å². The summed E-state index contributed by atoms with van der Waals surface area (Å²) >= 11 is 0. The van der Waals surface area contributed by atoms with Crippen LogP contribution < -0.4 is 10.6 Å². The fraction of sp³-hybridized carbons (Fsp3) is 0.486. The van der Waals surface area contributed by atoms with Crippen molar-refractivity contribution in [3.05, 3.63) is 77.7 Å². The fourth-order valence-electron chi connectivity index (χ4n) is 6.33. The lowest BCUT2D eigenvalue weighted by atomic mass is 9.81. The van der Waals surface area contributed by atoms with E-state index in [1.54, 1.807) is 0 Å². The SMILES string of the molecule is CCCN1C(=O)C(CCCCNC(=O)OCc2ccccc2)NC(=O)C12CCN(CCc1nc(-c3ccccc3)oc1C)CC2. The zero-order valence-corrected chi connectivity index (χ0v) is 26.4. The largest absolute Gasteiger partial charge is 0.445 e. The summed E-state index contributed by atoms with van der Waals surface area (Å²) in [5.41, 5.74) is 2.05. The van der Waals surface area contributed by atoms with Crippen molar-refractivity contribution in [3.63, 3.8) is 0 Å². The first-order valence-electron chi connectivity index (χ1n) is 16.2. The number of benzene rings is 2. The molecule has 5 rings (SSSR count). The summed E-state index contributed by atoms with van der Waals surface area (Å²) in [5, 5.41) is 5.83. The van der Waals surface area contributed by atoms with Crippen LogP contribution in [0.1, 0.15) is 62.5 Å². The second kappa shape index (κ2) is 15.2. The Kier molecular flexibility index (Phi) is 10.9. The molecule has 0 aliphatic carbocycles. The van der Waals surface area contributed by atoms with Gasteiger partial charge < -0.3 is 29.6 Å². The Morgan fingerprint density at radius 3 is 2.47 bits per heavy atom. The molecule has 0 saturated carbocycles. The van der Waals surface area contributed by atoms with Crippen molar-refractivity contribution in [2.45, 2.75) is 77.0 Å². The Balaban J connectivity index is 1.07. The first-order chi connectivity index (χ1) is 21.9. The maximum Gasteiger partial charge on any atom is 0.407 e. The lowest BCUT2D eigenvalue weighted by molar-refractivity contribution is -0.161. The van der Waals surface area contributed by atoms with Crippen molar-refractivity contribution in [3.8, 4) is 11.5 Å². The van der Waals surface area contributed by atoms with E-state index in [4.69, 9.17) is 14.1 Å². The van der Waals surface area contributed by atoms with Crippen LogP contribution in [0.5, 0.6) is 0 Å². The van der Waals surface area contributed by atoms with Crippen LogP contribution in [0.25, 0.3) is 11.5 Å². The molecule has 1 unspecified atom stereocenters. The van der Waals surface area contributed by atoms with Gasteiger partial charge in [0, 0.05) is 44.7 Å². The van der Waals surface area contributed by atoms with Gasteiger partial charge in [0.15, 0.2) is 0 Å². The van der Waals surface area contributed by atoms with Gasteiger partial charge in [-0.1, -0.05) is 55.5 Å². The van der Waals surface area contributed by atoms with E-state index >= 15 is 0 Å². The lowest BCUT2D eigenvalue weighted by Gasteiger charge is -2.51. The standard InChI is InChI=1S/C35H45N5O5/c1-3-21-40-32(41)30(16-10-11-20-36-34(43)44-25-27-12-6-4-7-13-27)38-33(42)35(40)18-23-39(24-19-35)22-17-29-26(2)45-31(37-29)28-14-8-5-9-15-28/h4-9,12-15,30H,3,10-11,16-25H2,1-2H3,(H,36,43)(H,38,42). The van der Waals surface area contributed by atoms with Gasteiger partial charge in [0.2, 0.25) is 17.7 Å². The van der Waals surface area contributed by atoms with Gasteiger partial charge in [0.25, 0.3) is 0 Å². The smallest absolute Gasteiger partial charge is 0.407 e. The number of nitrogens with one attached hydrogen (secondary N) is 2. The normalized spacial score (nSPS) is 18.2. The molecule has 2 aliphatic heterocycles. The molecule has 2 aromatic carbocycles. The molecule has 3 heterocycles. The molecule has 3 amide bonds. The van der Waals surface area contributed by atoms with Crippen LogP contribution in [0.2, 0.25) is 0 Å². The van der Waals surface area contributed by atoms with Gasteiger partial charge in [0.05, 0.1) is 5.69 Å². The van der Waals surface area contributed by atoms with Gasteiger partial charge in [-0.3, -0.25) is 9.59 Å². The highest BCUT2D eigenvalue weighted by molar-refractivity contribution is 6.00. The molecule has 2 saturated heterocycles. The van der Waals surface area contributed by atoms with Crippen molar-refractivity contribution in [1.82, 2.24) is 25.4 Å². The molecule has 2 fully saturated rings. The topological polar surface area (TPSA) is 117 Å². The predicted octanol–water partition coefficient (Wildman–Crippen LogP) is 4.86. The predicted molar refractivity (Wildman–Crippen MR) is 171 cm³/mol. The first kappa shape index (κ1) is 32.2. The second-order valence-corrected chi connectivity index (χ2v) is 12.0. The molecule has 240 valence electrons. The Bertz CT molecular complexity index is 1420.